The van der Waals surface area contributed by atoms with Gasteiger partial charge in [0.05, 0.1) is 12.7 Å². The molecule has 0 radical (unpaired) electrons. The fourth-order valence-corrected chi connectivity index (χ4v) is 4.24. The molecule has 18 heavy (non-hydrogen) atoms. The second-order valence-electron chi connectivity index (χ2n) is 6.04. The van der Waals surface area contributed by atoms with Crippen molar-refractivity contribution in [1.29, 1.82) is 0 Å². The normalized spacial score (nSPS) is 34.0. The van der Waals surface area contributed by atoms with Gasteiger partial charge in [0.1, 0.15) is 0 Å². The molecule has 0 aromatic rings. The van der Waals surface area contributed by atoms with Crippen LogP contribution in [0.2, 0.25) is 0 Å². The van der Waals surface area contributed by atoms with E-state index in [2.05, 4.69) is 13.8 Å². The third-order valence-electron chi connectivity index (χ3n) is 5.11. The number of hydrogen-bond acceptors (Lipinski definition) is 2. The molecule has 2 aliphatic carbocycles. The fourth-order valence-electron chi connectivity index (χ4n) is 4.24. The molecular weight excluding hydrogens is 224 g/mol. The van der Waals surface area contributed by atoms with Crippen molar-refractivity contribution in [2.75, 3.05) is 19.8 Å². The van der Waals surface area contributed by atoms with Gasteiger partial charge < -0.3 is 9.47 Å². The van der Waals surface area contributed by atoms with Crippen molar-refractivity contribution in [3.8, 4) is 0 Å². The van der Waals surface area contributed by atoms with Gasteiger partial charge in [0.25, 0.3) is 0 Å². The molecule has 0 amide bonds. The topological polar surface area (TPSA) is 18.5 Å². The quantitative estimate of drug-likeness (QED) is 0.708. The van der Waals surface area contributed by atoms with Crippen LogP contribution >= 0.6 is 0 Å². The maximum absolute atomic E-state index is 6.09. The molecule has 0 heterocycles. The lowest BCUT2D eigenvalue weighted by Gasteiger charge is -2.43. The monoisotopic (exact) mass is 254 g/mol. The van der Waals surface area contributed by atoms with Crippen LogP contribution in [0.25, 0.3) is 0 Å². The Morgan fingerprint density at radius 1 is 0.944 bits per heavy atom. The molecule has 2 fully saturated rings. The highest BCUT2D eigenvalue weighted by molar-refractivity contribution is 4.98. The summed E-state index contributed by atoms with van der Waals surface area (Å²) in [5.41, 5.74) is 0.340. The van der Waals surface area contributed by atoms with Gasteiger partial charge in [-0.25, -0.2) is 0 Å². The van der Waals surface area contributed by atoms with Crippen LogP contribution in [0, 0.1) is 11.3 Å². The Morgan fingerprint density at radius 3 is 2.39 bits per heavy atom. The van der Waals surface area contributed by atoms with Crippen molar-refractivity contribution >= 4 is 0 Å². The highest BCUT2D eigenvalue weighted by atomic mass is 16.5. The van der Waals surface area contributed by atoms with Gasteiger partial charge >= 0.3 is 0 Å². The molecule has 0 aliphatic heterocycles. The Labute approximate surface area is 112 Å². The van der Waals surface area contributed by atoms with Gasteiger partial charge in [0.15, 0.2) is 0 Å². The van der Waals surface area contributed by atoms with Crippen LogP contribution in [0.5, 0.6) is 0 Å². The van der Waals surface area contributed by atoms with E-state index in [1.54, 1.807) is 0 Å². The molecule has 2 saturated carbocycles. The van der Waals surface area contributed by atoms with Gasteiger partial charge in [0.2, 0.25) is 0 Å². The van der Waals surface area contributed by atoms with Crippen LogP contribution in [-0.2, 0) is 9.47 Å². The summed E-state index contributed by atoms with van der Waals surface area (Å²) in [6, 6.07) is 0. The Hall–Kier alpha value is -0.0800. The lowest BCUT2D eigenvalue weighted by molar-refractivity contribution is -0.0966. The minimum Gasteiger partial charge on any atom is -0.381 e. The summed E-state index contributed by atoms with van der Waals surface area (Å²) in [6.45, 7) is 6.86. The molecule has 0 bridgehead atoms. The SMILES string of the molecule is CCOCC1(C2CCCCC2)CCCC1OCC. The van der Waals surface area contributed by atoms with Gasteiger partial charge in [0, 0.05) is 18.6 Å². The summed E-state index contributed by atoms with van der Waals surface area (Å²) < 4.78 is 12.0. The van der Waals surface area contributed by atoms with Crippen LogP contribution in [0.4, 0.5) is 0 Å². The van der Waals surface area contributed by atoms with Crippen LogP contribution in [0.1, 0.15) is 65.2 Å². The largest absolute Gasteiger partial charge is 0.381 e. The summed E-state index contributed by atoms with van der Waals surface area (Å²) in [5.74, 6) is 0.844. The fraction of sp³-hybridized carbons (Fsp3) is 1.00. The maximum Gasteiger partial charge on any atom is 0.0655 e. The zero-order chi connectivity index (χ0) is 12.8. The Balaban J connectivity index is 2.09. The average molecular weight is 254 g/mol. The minimum absolute atomic E-state index is 0.340. The predicted molar refractivity (Wildman–Crippen MR) is 74.8 cm³/mol. The van der Waals surface area contributed by atoms with Crippen molar-refractivity contribution < 1.29 is 9.47 Å². The Morgan fingerprint density at radius 2 is 1.72 bits per heavy atom. The van der Waals surface area contributed by atoms with Crippen molar-refractivity contribution in [2.45, 2.75) is 71.3 Å². The first-order chi connectivity index (χ1) is 8.83. The third-order valence-corrected chi connectivity index (χ3v) is 5.11. The van der Waals surface area contributed by atoms with Crippen LogP contribution in [0.3, 0.4) is 0 Å². The first-order valence-electron chi connectivity index (χ1n) is 8.03. The number of hydrogen-bond donors (Lipinski definition) is 0. The van der Waals surface area contributed by atoms with E-state index in [-0.39, 0.29) is 0 Å². The lowest BCUT2D eigenvalue weighted by atomic mass is 9.67. The Kier molecular flexibility index (Phi) is 5.50. The molecule has 106 valence electrons. The molecule has 0 aromatic carbocycles. The van der Waals surface area contributed by atoms with E-state index >= 15 is 0 Å². The van der Waals surface area contributed by atoms with Crippen molar-refractivity contribution in [1.82, 2.24) is 0 Å². The van der Waals surface area contributed by atoms with E-state index in [1.165, 1.54) is 51.4 Å². The maximum atomic E-state index is 6.09. The molecule has 2 nitrogen and oxygen atoms in total. The number of ether oxygens (including phenoxy) is 2. The zero-order valence-electron chi connectivity index (χ0n) is 12.2. The molecule has 0 spiro atoms. The van der Waals surface area contributed by atoms with Crippen molar-refractivity contribution in [3.63, 3.8) is 0 Å². The first-order valence-corrected chi connectivity index (χ1v) is 8.03. The average Bonchev–Trinajstić information content (AvgIpc) is 2.82. The van der Waals surface area contributed by atoms with Gasteiger partial charge in [-0.05, 0) is 45.4 Å². The van der Waals surface area contributed by atoms with Gasteiger partial charge in [-0.1, -0.05) is 25.7 Å². The lowest BCUT2D eigenvalue weighted by Crippen LogP contribution is -2.44. The third kappa shape index (κ3) is 2.91. The molecule has 2 heteroatoms. The van der Waals surface area contributed by atoms with E-state index < -0.39 is 0 Å². The van der Waals surface area contributed by atoms with Gasteiger partial charge in [-0.2, -0.15) is 0 Å². The van der Waals surface area contributed by atoms with Gasteiger partial charge in [-0.15, -0.1) is 0 Å². The van der Waals surface area contributed by atoms with Crippen molar-refractivity contribution in [3.05, 3.63) is 0 Å². The smallest absolute Gasteiger partial charge is 0.0655 e. The molecule has 0 saturated heterocycles. The summed E-state index contributed by atoms with van der Waals surface area (Å²) >= 11 is 0. The van der Waals surface area contributed by atoms with Crippen LogP contribution in [-0.4, -0.2) is 25.9 Å². The van der Waals surface area contributed by atoms with Crippen LogP contribution in [0.15, 0.2) is 0 Å². The summed E-state index contributed by atoms with van der Waals surface area (Å²) in [5, 5.41) is 0. The molecule has 2 unspecified atom stereocenters. The second kappa shape index (κ2) is 6.91. The Bertz CT molecular complexity index is 235. The highest BCUT2D eigenvalue weighted by Gasteiger charge is 2.49. The summed E-state index contributed by atoms with van der Waals surface area (Å²) in [7, 11) is 0. The van der Waals surface area contributed by atoms with E-state index in [0.29, 0.717) is 11.5 Å². The van der Waals surface area contributed by atoms with Crippen molar-refractivity contribution in [2.24, 2.45) is 11.3 Å². The van der Waals surface area contributed by atoms with E-state index in [1.807, 2.05) is 0 Å². The molecule has 2 atom stereocenters. The first kappa shape index (κ1) is 14.3. The number of rotatable bonds is 6. The highest BCUT2D eigenvalue weighted by Crippen LogP contribution is 2.51. The standard InChI is InChI=1S/C16H30O2/c1-3-17-13-16(14-9-6-5-7-10-14)12-8-11-15(16)18-4-2/h14-15H,3-13H2,1-2H3. The molecule has 2 rings (SSSR count). The molecular formula is C16H30O2. The van der Waals surface area contributed by atoms with Gasteiger partial charge in [-0.3, -0.25) is 0 Å². The van der Waals surface area contributed by atoms with E-state index in [9.17, 15) is 0 Å². The molecule has 0 aromatic heterocycles. The predicted octanol–water partition coefficient (Wildman–Crippen LogP) is 4.18. The second-order valence-corrected chi connectivity index (χ2v) is 6.04. The molecule has 2 aliphatic rings. The zero-order valence-corrected chi connectivity index (χ0v) is 12.2. The van der Waals surface area contributed by atoms with E-state index in [0.717, 1.165) is 25.7 Å². The van der Waals surface area contributed by atoms with Crippen LogP contribution < -0.4 is 0 Å². The summed E-state index contributed by atoms with van der Waals surface area (Å²) in [6.07, 6.45) is 11.4. The van der Waals surface area contributed by atoms with E-state index in [4.69, 9.17) is 9.47 Å². The minimum atomic E-state index is 0.340. The molecule has 0 N–H and O–H groups in total. The summed E-state index contributed by atoms with van der Waals surface area (Å²) in [4.78, 5) is 0.